The number of fused-ring (bicyclic) bond motifs is 1. The maximum Gasteiger partial charge on any atom is 0.161 e. The van der Waals surface area contributed by atoms with Crippen LogP contribution in [0.15, 0.2) is 64.1 Å². The quantitative estimate of drug-likeness (QED) is 0.419. The fourth-order valence-electron chi connectivity index (χ4n) is 5.29. The Morgan fingerprint density at radius 2 is 1.72 bits per heavy atom. The van der Waals surface area contributed by atoms with Crippen LogP contribution in [0.3, 0.4) is 0 Å². The first-order valence-corrected chi connectivity index (χ1v) is 11.8. The van der Waals surface area contributed by atoms with Gasteiger partial charge in [-0.3, -0.25) is 9.59 Å². The highest BCUT2D eigenvalue weighted by atomic mass is 32.1. The summed E-state index contributed by atoms with van der Waals surface area (Å²) in [4.78, 5) is 28.6. The molecule has 1 aliphatic rings. The summed E-state index contributed by atoms with van der Waals surface area (Å²) < 4.78 is 1.23. The third-order valence-corrected chi connectivity index (χ3v) is 7.79. The molecule has 3 aromatic rings. The lowest BCUT2D eigenvalue weighted by Gasteiger charge is -2.30. The first-order chi connectivity index (χ1) is 15.1. The lowest BCUT2D eigenvalue weighted by molar-refractivity contribution is -0.113. The Morgan fingerprint density at radius 1 is 1.03 bits per heavy atom. The van der Waals surface area contributed by atoms with E-state index in [9.17, 15) is 9.59 Å². The molecule has 32 heavy (non-hydrogen) atoms. The molecule has 3 nitrogen and oxygen atoms in total. The Kier molecular flexibility index (Phi) is 5.68. The summed E-state index contributed by atoms with van der Waals surface area (Å²) in [7, 11) is 0. The summed E-state index contributed by atoms with van der Waals surface area (Å²) in [5.41, 5.74) is 9.80. The summed E-state index contributed by atoms with van der Waals surface area (Å²) in [5, 5.41) is 3.43. The highest BCUT2D eigenvalue weighted by Gasteiger charge is 2.33. The molecule has 164 valence electrons. The van der Waals surface area contributed by atoms with Crippen molar-refractivity contribution in [2.24, 2.45) is 0 Å². The minimum absolute atomic E-state index is 0.0651. The molecule has 0 spiro atoms. The number of hydrogen-bond donors (Lipinski definition) is 1. The van der Waals surface area contributed by atoms with E-state index in [2.05, 4.69) is 48.1 Å². The minimum Gasteiger partial charge on any atom is -0.361 e. The van der Waals surface area contributed by atoms with Gasteiger partial charge in [-0.2, -0.15) is 0 Å². The number of thiophene rings is 1. The van der Waals surface area contributed by atoms with Gasteiger partial charge in [0.15, 0.2) is 11.6 Å². The van der Waals surface area contributed by atoms with Gasteiger partial charge in [0.05, 0.1) is 0 Å². The molecule has 0 saturated heterocycles. The van der Waals surface area contributed by atoms with Gasteiger partial charge in [0.2, 0.25) is 0 Å². The molecular weight excluding hydrogens is 414 g/mol. The van der Waals surface area contributed by atoms with Crippen LogP contribution in [0.1, 0.15) is 72.9 Å². The number of Topliss-reactive ketones (excluding diaryl/α,β-unsaturated/α-hetero) is 2. The maximum atomic E-state index is 12.6. The van der Waals surface area contributed by atoms with Gasteiger partial charge >= 0.3 is 0 Å². The molecule has 1 unspecified atom stereocenters. The number of aryl methyl sites for hydroxylation is 1. The minimum atomic E-state index is -0.0860. The molecule has 0 bridgehead atoms. The first kappa shape index (κ1) is 22.2. The topological polar surface area (TPSA) is 49.9 Å². The number of allylic oxidation sites excluding steroid dienone is 5. The van der Waals surface area contributed by atoms with Crippen molar-refractivity contribution >= 4 is 33.0 Å². The zero-order valence-corrected chi connectivity index (χ0v) is 20.4. The van der Waals surface area contributed by atoms with E-state index in [0.29, 0.717) is 6.42 Å². The summed E-state index contributed by atoms with van der Waals surface area (Å²) in [6.07, 6.45) is 0.705. The molecular formula is C28H29NO2S. The van der Waals surface area contributed by atoms with Crippen LogP contribution in [0.4, 0.5) is 0 Å². The fourth-order valence-corrected chi connectivity index (χ4v) is 6.28. The predicted molar refractivity (Wildman–Crippen MR) is 134 cm³/mol. The zero-order valence-electron chi connectivity index (χ0n) is 19.6. The van der Waals surface area contributed by atoms with Crippen molar-refractivity contribution in [1.29, 1.82) is 0 Å². The van der Waals surface area contributed by atoms with E-state index in [1.165, 1.54) is 21.2 Å². The normalized spacial score (nSPS) is 15.6. The van der Waals surface area contributed by atoms with E-state index in [1.807, 2.05) is 20.8 Å². The van der Waals surface area contributed by atoms with Crippen LogP contribution in [0, 0.1) is 13.8 Å². The second kappa shape index (κ2) is 8.18. The number of ketones is 2. The Morgan fingerprint density at radius 3 is 2.34 bits per heavy atom. The molecule has 1 atom stereocenters. The van der Waals surface area contributed by atoms with Gasteiger partial charge < -0.3 is 4.98 Å². The lowest BCUT2D eigenvalue weighted by atomic mass is 9.74. The van der Waals surface area contributed by atoms with Crippen LogP contribution >= 0.6 is 11.3 Å². The molecule has 0 amide bonds. The van der Waals surface area contributed by atoms with Crippen molar-refractivity contribution in [3.05, 3.63) is 92.2 Å². The monoisotopic (exact) mass is 443 g/mol. The van der Waals surface area contributed by atoms with Gasteiger partial charge in [-0.15, -0.1) is 11.3 Å². The van der Waals surface area contributed by atoms with Gasteiger partial charge in [-0.05, 0) is 98.2 Å². The summed E-state index contributed by atoms with van der Waals surface area (Å²) >= 11 is 1.73. The summed E-state index contributed by atoms with van der Waals surface area (Å²) in [6, 6.07) is 8.42. The molecule has 0 fully saturated rings. The molecule has 1 aromatic carbocycles. The van der Waals surface area contributed by atoms with Gasteiger partial charge in [0.1, 0.15) is 0 Å². The number of hydrogen-bond acceptors (Lipinski definition) is 3. The Bertz CT molecular complexity index is 1360. The van der Waals surface area contributed by atoms with Crippen LogP contribution < -0.4 is 0 Å². The van der Waals surface area contributed by atoms with E-state index in [-0.39, 0.29) is 17.5 Å². The standard InChI is InChI=1S/C28H29NO2S/c1-14-12-22(16(3)25(15(14)2)19(6)30)27(23-13-32-24-11-9-8-10-21(23)24)28-17(4)26(20(7)31)18(5)29-28/h8-11,13,27,29H,1,12H2,2-7H3. The Balaban J connectivity index is 2.07. The number of aromatic amines is 1. The molecule has 4 heteroatoms. The van der Waals surface area contributed by atoms with Crippen LogP contribution in [0.25, 0.3) is 10.1 Å². The van der Waals surface area contributed by atoms with Crippen molar-refractivity contribution in [2.75, 3.05) is 0 Å². The molecule has 0 radical (unpaired) electrons. The van der Waals surface area contributed by atoms with Crippen molar-refractivity contribution in [3.63, 3.8) is 0 Å². The summed E-state index contributed by atoms with van der Waals surface area (Å²) in [6.45, 7) is 15.6. The SMILES string of the molecule is C=C1CC(C(c2[nH]c(C)c(C(C)=O)c2C)c2csc3ccccc23)=C(C)C(C(C)=O)=C1C. The molecule has 0 aliphatic heterocycles. The number of aromatic nitrogens is 1. The lowest BCUT2D eigenvalue weighted by Crippen LogP contribution is -2.17. The average Bonchev–Trinajstić information content (AvgIpc) is 3.27. The molecule has 1 aliphatic carbocycles. The Labute approximate surface area is 193 Å². The highest BCUT2D eigenvalue weighted by molar-refractivity contribution is 7.17. The predicted octanol–water partition coefficient (Wildman–Crippen LogP) is 7.36. The van der Waals surface area contributed by atoms with Crippen LogP contribution in [-0.2, 0) is 4.79 Å². The third-order valence-electron chi connectivity index (χ3n) is 6.81. The van der Waals surface area contributed by atoms with Crippen molar-refractivity contribution in [2.45, 2.75) is 53.9 Å². The van der Waals surface area contributed by atoms with Crippen LogP contribution in [0.5, 0.6) is 0 Å². The summed E-state index contributed by atoms with van der Waals surface area (Å²) in [5.74, 6) is 0.0450. The number of carbonyl (C=O) groups excluding carboxylic acids is 2. The largest absolute Gasteiger partial charge is 0.361 e. The van der Waals surface area contributed by atoms with E-state index in [1.54, 1.807) is 25.2 Å². The van der Waals surface area contributed by atoms with E-state index in [4.69, 9.17) is 0 Å². The van der Waals surface area contributed by atoms with E-state index < -0.39 is 0 Å². The van der Waals surface area contributed by atoms with Gasteiger partial charge in [0, 0.05) is 33.1 Å². The highest BCUT2D eigenvalue weighted by Crippen LogP contribution is 2.47. The molecule has 4 rings (SSSR count). The number of rotatable bonds is 5. The van der Waals surface area contributed by atoms with Crippen molar-refractivity contribution in [3.8, 4) is 0 Å². The van der Waals surface area contributed by atoms with Gasteiger partial charge in [0.25, 0.3) is 0 Å². The van der Waals surface area contributed by atoms with Gasteiger partial charge in [-0.25, -0.2) is 0 Å². The molecule has 0 saturated carbocycles. The van der Waals surface area contributed by atoms with Crippen molar-refractivity contribution in [1.82, 2.24) is 4.98 Å². The number of carbonyl (C=O) groups is 2. The fraction of sp³-hybridized carbons (Fsp3) is 0.286. The average molecular weight is 444 g/mol. The number of nitrogens with one attached hydrogen (secondary N) is 1. The van der Waals surface area contributed by atoms with E-state index in [0.717, 1.165) is 44.8 Å². The molecule has 2 heterocycles. The molecule has 1 N–H and O–H groups in total. The van der Waals surface area contributed by atoms with Crippen molar-refractivity contribution < 1.29 is 9.59 Å². The number of H-pyrrole nitrogens is 1. The first-order valence-electron chi connectivity index (χ1n) is 10.9. The number of benzene rings is 1. The maximum absolute atomic E-state index is 12.6. The second-order valence-corrected chi connectivity index (χ2v) is 9.74. The third kappa shape index (κ3) is 3.43. The molecule has 2 aromatic heterocycles. The smallest absolute Gasteiger partial charge is 0.161 e. The Hall–Kier alpha value is -2.98. The van der Waals surface area contributed by atoms with Crippen LogP contribution in [-0.4, -0.2) is 16.6 Å². The van der Waals surface area contributed by atoms with Crippen LogP contribution in [0.2, 0.25) is 0 Å². The second-order valence-electron chi connectivity index (χ2n) is 8.83. The van der Waals surface area contributed by atoms with Gasteiger partial charge in [-0.1, -0.05) is 24.8 Å². The van der Waals surface area contributed by atoms with E-state index >= 15 is 0 Å². The zero-order chi connectivity index (χ0) is 23.3.